The smallest absolute Gasteiger partial charge is 0.126 e. The number of nitrogens with zero attached hydrogens (tertiary/aromatic N) is 1. The van der Waals surface area contributed by atoms with Crippen LogP contribution in [0.25, 0.3) is 0 Å². The lowest BCUT2D eigenvalue weighted by Gasteiger charge is -2.30. The topological polar surface area (TPSA) is 32.7 Å². The summed E-state index contributed by atoms with van der Waals surface area (Å²) in [7, 11) is 3.72. The Labute approximate surface area is 121 Å². The molecule has 0 saturated carbocycles. The molecule has 0 bridgehead atoms. The number of hydrogen-bond acceptors (Lipinski definition) is 4. The molecule has 3 nitrogen and oxygen atoms in total. The van der Waals surface area contributed by atoms with Gasteiger partial charge >= 0.3 is 0 Å². The van der Waals surface area contributed by atoms with Gasteiger partial charge in [-0.3, -0.25) is 0 Å². The van der Waals surface area contributed by atoms with Crippen molar-refractivity contribution in [2.75, 3.05) is 31.1 Å². The minimum atomic E-state index is -0.540. The van der Waals surface area contributed by atoms with Crippen molar-refractivity contribution < 1.29 is 9.84 Å². The SMILES string of the molecule is COc1cccc(N(C)C(C)CCSC)c1[C@H](C)O. The third-order valence-electron chi connectivity index (χ3n) is 3.46. The van der Waals surface area contributed by atoms with E-state index in [9.17, 15) is 5.11 Å². The fraction of sp³-hybridized carbons (Fsp3) is 0.600. The second-order valence-electron chi connectivity index (χ2n) is 4.81. The van der Waals surface area contributed by atoms with Crippen molar-refractivity contribution in [3.8, 4) is 5.75 Å². The van der Waals surface area contributed by atoms with Crippen LogP contribution in [-0.2, 0) is 0 Å². The maximum absolute atomic E-state index is 10.0. The molecule has 4 heteroatoms. The number of benzene rings is 1. The number of anilines is 1. The number of aliphatic hydroxyl groups excluding tert-OH is 1. The van der Waals surface area contributed by atoms with Gasteiger partial charge in [-0.15, -0.1) is 0 Å². The Kier molecular flexibility index (Phi) is 6.52. The van der Waals surface area contributed by atoms with E-state index in [1.54, 1.807) is 14.0 Å². The molecule has 0 spiro atoms. The monoisotopic (exact) mass is 283 g/mol. The lowest BCUT2D eigenvalue weighted by atomic mass is 10.0. The van der Waals surface area contributed by atoms with Gasteiger partial charge in [-0.05, 0) is 44.4 Å². The van der Waals surface area contributed by atoms with E-state index in [-0.39, 0.29) is 0 Å². The van der Waals surface area contributed by atoms with Crippen molar-refractivity contribution >= 4 is 17.4 Å². The second-order valence-corrected chi connectivity index (χ2v) is 5.80. The van der Waals surface area contributed by atoms with Crippen LogP contribution < -0.4 is 9.64 Å². The maximum Gasteiger partial charge on any atom is 0.126 e. The van der Waals surface area contributed by atoms with Crippen LogP contribution in [-0.4, -0.2) is 37.3 Å². The molecule has 0 amide bonds. The van der Waals surface area contributed by atoms with E-state index in [2.05, 4.69) is 25.1 Å². The first kappa shape index (κ1) is 16.2. The number of hydrogen-bond donors (Lipinski definition) is 1. The Morgan fingerprint density at radius 3 is 2.58 bits per heavy atom. The number of ether oxygens (including phenoxy) is 1. The molecule has 0 aliphatic rings. The summed E-state index contributed by atoms with van der Waals surface area (Å²) >= 11 is 1.86. The number of thioether (sulfide) groups is 1. The molecule has 1 unspecified atom stereocenters. The molecule has 2 atom stereocenters. The Balaban J connectivity index is 3.04. The second kappa shape index (κ2) is 7.65. The molecule has 1 aromatic rings. The Hall–Kier alpha value is -0.870. The minimum Gasteiger partial charge on any atom is -0.496 e. The van der Waals surface area contributed by atoms with Gasteiger partial charge in [0.2, 0.25) is 0 Å². The summed E-state index contributed by atoms with van der Waals surface area (Å²) in [5, 5.41) is 10.0. The molecular formula is C15H25NO2S. The highest BCUT2D eigenvalue weighted by molar-refractivity contribution is 7.98. The van der Waals surface area contributed by atoms with Gasteiger partial charge in [0.05, 0.1) is 13.2 Å². The molecule has 0 radical (unpaired) electrons. The van der Waals surface area contributed by atoms with Crippen molar-refractivity contribution in [1.29, 1.82) is 0 Å². The zero-order chi connectivity index (χ0) is 14.4. The van der Waals surface area contributed by atoms with Crippen molar-refractivity contribution in [3.63, 3.8) is 0 Å². The first-order chi connectivity index (χ1) is 9.02. The third-order valence-corrected chi connectivity index (χ3v) is 4.11. The van der Waals surface area contributed by atoms with Crippen molar-refractivity contribution in [3.05, 3.63) is 23.8 Å². The number of rotatable bonds is 7. The van der Waals surface area contributed by atoms with Gasteiger partial charge in [-0.2, -0.15) is 11.8 Å². The summed E-state index contributed by atoms with van der Waals surface area (Å²) in [5.74, 6) is 1.89. The summed E-state index contributed by atoms with van der Waals surface area (Å²) in [6.07, 6.45) is 2.70. The standard InChI is InChI=1S/C15H25NO2S/c1-11(9-10-19-5)16(3)13-7-6-8-14(18-4)15(13)12(2)17/h6-8,11-12,17H,9-10H2,1-5H3/t11?,12-/m0/s1. The molecule has 0 aliphatic carbocycles. The average Bonchev–Trinajstić information content (AvgIpc) is 2.42. The highest BCUT2D eigenvalue weighted by Gasteiger charge is 2.19. The number of methoxy groups -OCH3 is 1. The Bertz CT molecular complexity index is 396. The van der Waals surface area contributed by atoms with E-state index in [1.165, 1.54) is 0 Å². The van der Waals surface area contributed by atoms with Gasteiger partial charge in [-0.1, -0.05) is 6.07 Å². The van der Waals surface area contributed by atoms with E-state index >= 15 is 0 Å². The molecule has 0 saturated heterocycles. The zero-order valence-corrected chi connectivity index (χ0v) is 13.3. The summed E-state index contributed by atoms with van der Waals surface area (Å²) in [6, 6.07) is 6.33. The molecule has 0 heterocycles. The van der Waals surface area contributed by atoms with Crippen LogP contribution in [0.3, 0.4) is 0 Å². The summed E-state index contributed by atoms with van der Waals surface area (Å²) in [6.45, 7) is 3.99. The van der Waals surface area contributed by atoms with Crippen LogP contribution in [0.1, 0.15) is 31.9 Å². The van der Waals surface area contributed by atoms with Crippen LogP contribution in [0.4, 0.5) is 5.69 Å². The summed E-state index contributed by atoms with van der Waals surface area (Å²) < 4.78 is 5.37. The van der Waals surface area contributed by atoms with E-state index < -0.39 is 6.10 Å². The van der Waals surface area contributed by atoms with Gasteiger partial charge < -0.3 is 14.7 Å². The molecule has 1 N–H and O–H groups in total. The Morgan fingerprint density at radius 2 is 2.05 bits per heavy atom. The fourth-order valence-corrected chi connectivity index (χ4v) is 2.73. The lowest BCUT2D eigenvalue weighted by molar-refractivity contribution is 0.194. The first-order valence-electron chi connectivity index (χ1n) is 6.59. The van der Waals surface area contributed by atoms with Gasteiger partial charge in [-0.25, -0.2) is 0 Å². The lowest BCUT2D eigenvalue weighted by Crippen LogP contribution is -2.30. The zero-order valence-electron chi connectivity index (χ0n) is 12.5. The molecular weight excluding hydrogens is 258 g/mol. The molecule has 0 aliphatic heterocycles. The van der Waals surface area contributed by atoms with E-state index in [0.29, 0.717) is 6.04 Å². The van der Waals surface area contributed by atoms with Gasteiger partial charge in [0, 0.05) is 24.3 Å². The Morgan fingerprint density at radius 1 is 1.37 bits per heavy atom. The minimum absolute atomic E-state index is 0.428. The summed E-state index contributed by atoms with van der Waals surface area (Å²) in [5.41, 5.74) is 1.91. The highest BCUT2D eigenvalue weighted by atomic mass is 32.2. The van der Waals surface area contributed by atoms with Gasteiger partial charge in [0.25, 0.3) is 0 Å². The maximum atomic E-state index is 10.0. The van der Waals surface area contributed by atoms with Gasteiger partial charge in [0.1, 0.15) is 5.75 Å². The largest absolute Gasteiger partial charge is 0.496 e. The first-order valence-corrected chi connectivity index (χ1v) is 7.99. The van der Waals surface area contributed by atoms with Gasteiger partial charge in [0.15, 0.2) is 0 Å². The molecule has 19 heavy (non-hydrogen) atoms. The van der Waals surface area contributed by atoms with Crippen molar-refractivity contribution in [2.24, 2.45) is 0 Å². The fourth-order valence-electron chi connectivity index (χ4n) is 2.16. The van der Waals surface area contributed by atoms with Crippen molar-refractivity contribution in [1.82, 2.24) is 0 Å². The number of aliphatic hydroxyl groups is 1. The van der Waals surface area contributed by atoms with E-state index in [4.69, 9.17) is 4.74 Å². The van der Waals surface area contributed by atoms with Crippen LogP contribution >= 0.6 is 11.8 Å². The summed E-state index contributed by atoms with van der Waals surface area (Å²) in [4.78, 5) is 2.22. The van der Waals surface area contributed by atoms with Crippen LogP contribution in [0.2, 0.25) is 0 Å². The highest BCUT2D eigenvalue weighted by Crippen LogP contribution is 2.35. The molecule has 1 rings (SSSR count). The molecule has 0 aromatic heterocycles. The van der Waals surface area contributed by atoms with E-state index in [0.717, 1.165) is 29.2 Å². The van der Waals surface area contributed by atoms with Crippen molar-refractivity contribution in [2.45, 2.75) is 32.4 Å². The quantitative estimate of drug-likeness (QED) is 0.832. The molecule has 0 fully saturated rings. The average molecular weight is 283 g/mol. The predicted octanol–water partition coefficient (Wildman–Crippen LogP) is 3.33. The normalized spacial score (nSPS) is 14.0. The molecule has 108 valence electrons. The van der Waals surface area contributed by atoms with Crippen LogP contribution in [0.15, 0.2) is 18.2 Å². The van der Waals surface area contributed by atoms with Crippen LogP contribution in [0.5, 0.6) is 5.75 Å². The van der Waals surface area contributed by atoms with Crippen LogP contribution in [0, 0.1) is 0 Å². The third kappa shape index (κ3) is 4.05. The molecule has 1 aromatic carbocycles. The predicted molar refractivity (Wildman–Crippen MR) is 84.5 cm³/mol. The van der Waals surface area contributed by atoms with E-state index in [1.807, 2.05) is 30.0 Å².